The first-order valence-electron chi connectivity index (χ1n) is 17.4. The third-order valence-electron chi connectivity index (χ3n) is 11.6. The largest absolute Gasteiger partial charge is 0.269 e. The summed E-state index contributed by atoms with van der Waals surface area (Å²) in [4.78, 5) is 0. The number of rotatable bonds is 3. The average Bonchev–Trinajstić information content (AvgIpc) is 2.70. The molecule has 0 aliphatic heterocycles. The van der Waals surface area contributed by atoms with Gasteiger partial charge in [-0.15, -0.1) is 22.2 Å². The fourth-order valence-electron chi connectivity index (χ4n) is 6.24. The smallest absolute Gasteiger partial charge is 0.147 e. The molecule has 8 radical (unpaired) electrons. The van der Waals surface area contributed by atoms with Crippen molar-refractivity contribution in [2.75, 3.05) is 0 Å². The predicted molar refractivity (Wildman–Crippen MR) is 239 cm³/mol. The summed E-state index contributed by atoms with van der Waals surface area (Å²) >= 11 is 13.8. The molecule has 10 heteroatoms. The topological polar surface area (TPSA) is 0 Å². The van der Waals surface area contributed by atoms with Crippen LogP contribution >= 0.6 is 22.2 Å². The van der Waals surface area contributed by atoms with Crippen molar-refractivity contribution in [3.8, 4) is 0 Å². The van der Waals surface area contributed by atoms with Gasteiger partial charge in [0.15, 0.2) is 0 Å². The van der Waals surface area contributed by atoms with Crippen LogP contribution in [0.3, 0.4) is 0 Å². The minimum Gasteiger partial charge on any atom is -0.147 e. The first kappa shape index (κ1) is 55.4. The Kier molecular flexibility index (Phi) is 21.8. The Bertz CT molecular complexity index is 837. The molecular weight excluding hydrogens is 773 g/mol. The Morgan fingerprint density at radius 3 is 0.696 bits per heavy atom. The first-order chi connectivity index (χ1) is 18.8. The molecule has 0 aliphatic rings. The molecule has 0 saturated heterocycles. The fourth-order valence-corrected chi connectivity index (χ4v) is 101. The molecule has 0 N–H and O–H groups in total. The molecule has 0 atom stereocenters. The molecule has 274 valence electrons. The molecule has 0 fully saturated rings. The quantitative estimate of drug-likeness (QED) is 0.196. The van der Waals surface area contributed by atoms with E-state index in [1.807, 2.05) is 0 Å². The zero-order valence-electron chi connectivity index (χ0n) is 36.8. The van der Waals surface area contributed by atoms with Crippen LogP contribution in [0.1, 0.15) is 166 Å². The standard InChI is InChI=1S/C18H42Cl2Si5.2C9H21Si.Ge/c1-15(2,3)24(13,16(4,5)6)21-23(22(19)20)25(14,17(7,8)9)18(10,11)12;2*1-8(2,3)10(7)9(4,5)6;/h1-14H3;2*1-7H3;. The maximum Gasteiger partial charge on any atom is 0.269 e. The maximum absolute atomic E-state index is 6.92. The Hall–Kier alpha value is 2.64. The average molecular weight is 857 g/mol. The fraction of sp³-hybridized carbons (Fsp3) is 1.00. The number of halogens is 2. The normalized spacial score (nSPS) is 15.3. The SMILES string of the molecule is CC(C)(C)[Si](C)(/[Si]=[Si](/[Si](Cl)Cl)[Si](C)(C(C)(C)C)C(C)(C)C)C(C)(C)C.C[Si](C(C)(C)C)C(C)(C)C.C[Si](C(C)(C)C)C(C)(C)C.[Ge]. The van der Waals surface area contributed by atoms with Crippen molar-refractivity contribution in [2.24, 2.45) is 0 Å². The second-order valence-corrected chi connectivity index (χ2v) is 67.0. The summed E-state index contributed by atoms with van der Waals surface area (Å²) in [5, 5.41) is 3.58. The van der Waals surface area contributed by atoms with Crippen LogP contribution in [-0.4, -0.2) is 72.4 Å². The van der Waals surface area contributed by atoms with Gasteiger partial charge in [-0.2, -0.15) is 0 Å². The molecule has 0 aromatic heterocycles. The Morgan fingerprint density at radius 2 is 0.609 bits per heavy atom. The third kappa shape index (κ3) is 16.1. The molecule has 46 heavy (non-hydrogen) atoms. The summed E-state index contributed by atoms with van der Waals surface area (Å²) in [6, 6.07) is 0. The minimum atomic E-state index is -1.68. The Morgan fingerprint density at radius 1 is 0.413 bits per heavy atom. The van der Waals surface area contributed by atoms with E-state index >= 15 is 0 Å². The van der Waals surface area contributed by atoms with Crippen LogP contribution in [0, 0.1) is 0 Å². The van der Waals surface area contributed by atoms with E-state index < -0.39 is 29.0 Å². The van der Waals surface area contributed by atoms with E-state index in [4.69, 9.17) is 22.2 Å². The molecule has 0 aromatic rings. The summed E-state index contributed by atoms with van der Waals surface area (Å²) in [5.41, 5.74) is 0. The van der Waals surface area contributed by atoms with Crippen LogP contribution in [0.5, 0.6) is 0 Å². The van der Waals surface area contributed by atoms with Crippen molar-refractivity contribution in [2.45, 2.75) is 233 Å². The van der Waals surface area contributed by atoms with Gasteiger partial charge in [-0.25, -0.2) is 0 Å². The van der Waals surface area contributed by atoms with Gasteiger partial charge in [0.05, 0.1) is 32.8 Å². The first-order valence-corrected chi connectivity index (χ1v) is 36.4. The number of hydrogen-bond donors (Lipinski definition) is 0. The van der Waals surface area contributed by atoms with Crippen molar-refractivity contribution in [1.82, 2.24) is 0 Å². The van der Waals surface area contributed by atoms with E-state index in [0.717, 1.165) is 8.13 Å². The molecule has 0 amide bonds. The van der Waals surface area contributed by atoms with Gasteiger partial charge in [-0.1, -0.05) is 192 Å². The van der Waals surface area contributed by atoms with Crippen LogP contribution in [0.25, 0.3) is 0 Å². The van der Waals surface area contributed by atoms with Gasteiger partial charge in [0, 0.05) is 24.5 Å². The van der Waals surface area contributed by atoms with Crippen molar-refractivity contribution in [3.63, 3.8) is 0 Å². The van der Waals surface area contributed by atoms with Crippen LogP contribution in [0.4, 0.5) is 0 Å². The molecule has 0 aliphatic carbocycles. The zero-order valence-corrected chi connectivity index (χ0v) is 47.4. The van der Waals surface area contributed by atoms with Gasteiger partial charge >= 0.3 is 0 Å². The molecule has 0 nitrogen and oxygen atoms in total. The summed E-state index contributed by atoms with van der Waals surface area (Å²) in [5.74, 6) is 0. The summed E-state index contributed by atoms with van der Waals surface area (Å²) in [6.45, 7) is 65.9. The maximum atomic E-state index is 6.92. The van der Waals surface area contributed by atoms with E-state index in [2.05, 4.69) is 192 Å². The molecule has 0 unspecified atom stereocenters. The molecule has 0 spiro atoms. The van der Waals surface area contributed by atoms with Gasteiger partial charge in [0.1, 0.15) is 0 Å². The van der Waals surface area contributed by atoms with Crippen molar-refractivity contribution >= 4 is 94.5 Å². The Labute approximate surface area is 324 Å². The molecular formula is C36H84Cl2GeSi7. The van der Waals surface area contributed by atoms with E-state index in [1.165, 1.54) is 0 Å². The predicted octanol–water partition coefficient (Wildman–Crippen LogP) is 14.7. The molecule has 0 bridgehead atoms. The van der Waals surface area contributed by atoms with E-state index in [-0.39, 0.29) is 35.2 Å². The van der Waals surface area contributed by atoms with Gasteiger partial charge in [0.25, 0.3) is 6.93 Å². The van der Waals surface area contributed by atoms with Crippen LogP contribution in [-0.2, 0) is 0 Å². The van der Waals surface area contributed by atoms with Gasteiger partial charge in [-0.3, -0.25) is 0 Å². The second-order valence-electron chi connectivity index (χ2n) is 22.3. The minimum absolute atomic E-state index is 0. The van der Waals surface area contributed by atoms with Crippen molar-refractivity contribution in [3.05, 3.63) is 0 Å². The molecule has 0 heterocycles. The van der Waals surface area contributed by atoms with Crippen LogP contribution < -0.4 is 0 Å². The molecule has 0 rings (SSSR count). The van der Waals surface area contributed by atoms with E-state index in [0.29, 0.717) is 40.3 Å². The zero-order chi connectivity index (χ0) is 38.0. The van der Waals surface area contributed by atoms with Crippen molar-refractivity contribution < 1.29 is 0 Å². The van der Waals surface area contributed by atoms with Crippen LogP contribution in [0.15, 0.2) is 0 Å². The summed E-state index contributed by atoms with van der Waals surface area (Å²) < 4.78 is 0. The molecule has 0 aromatic carbocycles. The monoisotopic (exact) mass is 856 g/mol. The van der Waals surface area contributed by atoms with Crippen LogP contribution in [0.2, 0.25) is 66.5 Å². The van der Waals surface area contributed by atoms with E-state index in [9.17, 15) is 0 Å². The summed E-state index contributed by atoms with van der Waals surface area (Å²) in [6.07, 6.45) is 0. The second kappa shape index (κ2) is 18.1. The van der Waals surface area contributed by atoms with Gasteiger partial charge in [-0.05, 0) is 48.4 Å². The van der Waals surface area contributed by atoms with Gasteiger partial charge in [0.2, 0.25) is 0 Å². The van der Waals surface area contributed by atoms with Crippen molar-refractivity contribution in [1.29, 1.82) is 0 Å². The summed E-state index contributed by atoms with van der Waals surface area (Å²) in [7, 11) is -2.67. The Balaban J connectivity index is -0.000000345. The third-order valence-corrected chi connectivity index (χ3v) is 86.2. The molecule has 0 saturated carbocycles. The van der Waals surface area contributed by atoms with E-state index in [1.54, 1.807) is 0 Å². The van der Waals surface area contributed by atoms with Gasteiger partial charge < -0.3 is 0 Å². The number of hydrogen-bond acceptors (Lipinski definition) is 0.